The first-order valence-corrected chi connectivity index (χ1v) is 8.61. The van der Waals surface area contributed by atoms with Crippen LogP contribution in [0.5, 0.6) is 0 Å². The summed E-state index contributed by atoms with van der Waals surface area (Å²) in [6.07, 6.45) is 1.71. The normalized spacial score (nSPS) is 23.8. The molecule has 1 saturated carbocycles. The van der Waals surface area contributed by atoms with E-state index >= 15 is 0 Å². The van der Waals surface area contributed by atoms with Gasteiger partial charge in [-0.25, -0.2) is 0 Å². The molecule has 1 aliphatic carbocycles. The number of amides is 1. The summed E-state index contributed by atoms with van der Waals surface area (Å²) in [7, 11) is 1.69. The Morgan fingerprint density at radius 2 is 1.87 bits per heavy atom. The zero-order chi connectivity index (χ0) is 17.6. The second-order valence-electron chi connectivity index (χ2n) is 7.29. The quantitative estimate of drug-likeness (QED) is 0.584. The molecule has 1 amide bonds. The van der Waals surface area contributed by atoms with Crippen molar-refractivity contribution in [1.29, 1.82) is 0 Å². The standard InChI is InChI=1S/C17H33NO5/c1-5-17(2,3)16(22)23-11-10-18(4)14(19)12-8-6-7-9-13(12)15(20)21/h12-13,15-16,20-22H,5-11H2,1-4H3. The van der Waals surface area contributed by atoms with Crippen LogP contribution in [0.2, 0.25) is 0 Å². The highest BCUT2D eigenvalue weighted by molar-refractivity contribution is 5.79. The van der Waals surface area contributed by atoms with E-state index in [1.165, 1.54) is 0 Å². The van der Waals surface area contributed by atoms with Crippen molar-refractivity contribution in [1.82, 2.24) is 4.90 Å². The Labute approximate surface area is 139 Å². The van der Waals surface area contributed by atoms with Gasteiger partial charge < -0.3 is 25.0 Å². The summed E-state index contributed by atoms with van der Waals surface area (Å²) < 4.78 is 5.44. The first kappa shape index (κ1) is 20.4. The first-order chi connectivity index (χ1) is 10.7. The second-order valence-corrected chi connectivity index (χ2v) is 7.29. The van der Waals surface area contributed by atoms with Gasteiger partial charge in [-0.15, -0.1) is 0 Å². The number of hydrogen-bond acceptors (Lipinski definition) is 5. The maximum atomic E-state index is 12.5. The average Bonchev–Trinajstić information content (AvgIpc) is 2.53. The molecule has 1 aliphatic rings. The molecule has 0 aliphatic heterocycles. The van der Waals surface area contributed by atoms with E-state index in [0.29, 0.717) is 19.4 Å². The van der Waals surface area contributed by atoms with E-state index in [0.717, 1.165) is 19.3 Å². The summed E-state index contributed by atoms with van der Waals surface area (Å²) in [5.41, 5.74) is -0.321. The lowest BCUT2D eigenvalue weighted by atomic mass is 9.78. The minimum Gasteiger partial charge on any atom is -0.368 e. The van der Waals surface area contributed by atoms with Gasteiger partial charge in [-0.05, 0) is 19.3 Å². The van der Waals surface area contributed by atoms with E-state index in [-0.39, 0.29) is 29.8 Å². The number of aliphatic hydroxyl groups excluding tert-OH is 2. The highest BCUT2D eigenvalue weighted by Gasteiger charge is 2.36. The highest BCUT2D eigenvalue weighted by Crippen LogP contribution is 2.33. The predicted molar refractivity (Wildman–Crippen MR) is 87.3 cm³/mol. The number of likely N-dealkylation sites (N-methyl/N-ethyl adjacent to an activating group) is 1. The van der Waals surface area contributed by atoms with Gasteiger partial charge in [0.15, 0.2) is 12.6 Å². The zero-order valence-corrected chi connectivity index (χ0v) is 14.9. The van der Waals surface area contributed by atoms with Gasteiger partial charge in [-0.1, -0.05) is 33.6 Å². The van der Waals surface area contributed by atoms with Crippen molar-refractivity contribution >= 4 is 5.91 Å². The largest absolute Gasteiger partial charge is 0.368 e. The van der Waals surface area contributed by atoms with Crippen LogP contribution >= 0.6 is 0 Å². The molecule has 3 atom stereocenters. The number of aliphatic hydroxyl groups is 3. The van der Waals surface area contributed by atoms with E-state index < -0.39 is 12.6 Å². The second kappa shape index (κ2) is 8.97. The van der Waals surface area contributed by atoms with Crippen LogP contribution in [0.3, 0.4) is 0 Å². The third kappa shape index (κ3) is 5.71. The van der Waals surface area contributed by atoms with E-state index in [4.69, 9.17) is 4.74 Å². The molecular weight excluding hydrogens is 298 g/mol. The summed E-state index contributed by atoms with van der Waals surface area (Å²) in [5, 5.41) is 28.9. The molecule has 3 unspecified atom stereocenters. The Bertz CT molecular complexity index is 372. The van der Waals surface area contributed by atoms with Gasteiger partial charge in [-0.3, -0.25) is 4.79 Å². The van der Waals surface area contributed by atoms with Gasteiger partial charge >= 0.3 is 0 Å². The third-order valence-electron chi connectivity index (χ3n) is 5.18. The molecular formula is C17H33NO5. The summed E-state index contributed by atoms with van der Waals surface area (Å²) >= 11 is 0. The molecule has 0 saturated heterocycles. The lowest BCUT2D eigenvalue weighted by Gasteiger charge is -2.34. The molecule has 136 valence electrons. The SMILES string of the molecule is CCC(C)(C)C(O)OCCN(C)C(=O)C1CCCCC1C(O)O. The van der Waals surface area contributed by atoms with Crippen molar-refractivity contribution in [3.63, 3.8) is 0 Å². The van der Waals surface area contributed by atoms with E-state index in [1.807, 2.05) is 20.8 Å². The summed E-state index contributed by atoms with van der Waals surface area (Å²) in [6, 6.07) is 0. The maximum Gasteiger partial charge on any atom is 0.225 e. The highest BCUT2D eigenvalue weighted by atomic mass is 16.6. The van der Waals surface area contributed by atoms with Gasteiger partial charge in [0.1, 0.15) is 0 Å². The topological polar surface area (TPSA) is 90.2 Å². The minimum atomic E-state index is -1.44. The van der Waals surface area contributed by atoms with Crippen molar-refractivity contribution in [3.05, 3.63) is 0 Å². The molecule has 1 rings (SSSR count). The molecule has 0 spiro atoms. The van der Waals surface area contributed by atoms with E-state index in [2.05, 4.69) is 0 Å². The van der Waals surface area contributed by atoms with Crippen LogP contribution in [0.15, 0.2) is 0 Å². The molecule has 23 heavy (non-hydrogen) atoms. The number of ether oxygens (including phenoxy) is 1. The van der Waals surface area contributed by atoms with Crippen molar-refractivity contribution in [2.45, 2.75) is 65.5 Å². The smallest absolute Gasteiger partial charge is 0.225 e. The van der Waals surface area contributed by atoms with Crippen molar-refractivity contribution in [2.24, 2.45) is 17.3 Å². The van der Waals surface area contributed by atoms with Gasteiger partial charge in [0.05, 0.1) is 6.61 Å². The number of rotatable bonds is 8. The van der Waals surface area contributed by atoms with Crippen LogP contribution in [-0.2, 0) is 9.53 Å². The van der Waals surface area contributed by atoms with Crippen LogP contribution in [0, 0.1) is 17.3 Å². The molecule has 0 radical (unpaired) electrons. The maximum absolute atomic E-state index is 12.5. The molecule has 0 aromatic rings. The number of carbonyl (C=O) groups excluding carboxylic acids is 1. The van der Waals surface area contributed by atoms with Crippen LogP contribution in [0.4, 0.5) is 0 Å². The molecule has 3 N–H and O–H groups in total. The summed E-state index contributed by atoms with van der Waals surface area (Å²) in [5.74, 6) is -0.800. The minimum absolute atomic E-state index is 0.0735. The van der Waals surface area contributed by atoms with Crippen LogP contribution in [-0.4, -0.2) is 58.9 Å². The van der Waals surface area contributed by atoms with E-state index in [9.17, 15) is 20.1 Å². The summed E-state index contributed by atoms with van der Waals surface area (Å²) in [4.78, 5) is 14.1. The number of hydrogen-bond donors (Lipinski definition) is 3. The Morgan fingerprint density at radius 3 is 2.43 bits per heavy atom. The van der Waals surface area contributed by atoms with E-state index in [1.54, 1.807) is 11.9 Å². The molecule has 0 heterocycles. The van der Waals surface area contributed by atoms with Gasteiger partial charge in [0, 0.05) is 30.8 Å². The fourth-order valence-corrected chi connectivity index (χ4v) is 2.92. The van der Waals surface area contributed by atoms with Crippen molar-refractivity contribution in [3.8, 4) is 0 Å². The first-order valence-electron chi connectivity index (χ1n) is 8.61. The van der Waals surface area contributed by atoms with Gasteiger partial charge in [0.25, 0.3) is 0 Å². The number of carbonyl (C=O) groups is 1. The van der Waals surface area contributed by atoms with Gasteiger partial charge in [0.2, 0.25) is 5.91 Å². The lowest BCUT2D eigenvalue weighted by Crippen LogP contribution is -2.43. The molecule has 0 aromatic carbocycles. The zero-order valence-electron chi connectivity index (χ0n) is 14.9. The Balaban J connectivity index is 2.47. The third-order valence-corrected chi connectivity index (χ3v) is 5.18. The van der Waals surface area contributed by atoms with Crippen molar-refractivity contribution in [2.75, 3.05) is 20.2 Å². The average molecular weight is 331 g/mol. The molecule has 0 bridgehead atoms. The van der Waals surface area contributed by atoms with Crippen molar-refractivity contribution < 1.29 is 24.9 Å². The predicted octanol–water partition coefficient (Wildman–Crippen LogP) is 1.33. The summed E-state index contributed by atoms with van der Waals surface area (Å²) in [6.45, 7) is 6.49. The lowest BCUT2D eigenvalue weighted by molar-refractivity contribution is -0.171. The van der Waals surface area contributed by atoms with Gasteiger partial charge in [-0.2, -0.15) is 0 Å². The van der Waals surface area contributed by atoms with Crippen LogP contribution < -0.4 is 0 Å². The van der Waals surface area contributed by atoms with Crippen LogP contribution in [0.25, 0.3) is 0 Å². The Hall–Kier alpha value is -0.690. The Kier molecular flexibility index (Phi) is 7.94. The van der Waals surface area contributed by atoms with Crippen LogP contribution in [0.1, 0.15) is 52.9 Å². The molecule has 6 heteroatoms. The number of nitrogens with zero attached hydrogens (tertiary/aromatic N) is 1. The monoisotopic (exact) mass is 331 g/mol. The molecule has 6 nitrogen and oxygen atoms in total. The molecule has 0 aromatic heterocycles. The molecule has 1 fully saturated rings. The fraction of sp³-hybridized carbons (Fsp3) is 0.941. The Morgan fingerprint density at radius 1 is 1.26 bits per heavy atom. The fourth-order valence-electron chi connectivity index (χ4n) is 2.92.